The maximum Gasteiger partial charge on any atom is 0.237 e. The van der Waals surface area contributed by atoms with Crippen LogP contribution in [0.2, 0.25) is 5.02 Å². The van der Waals surface area contributed by atoms with Crippen molar-refractivity contribution in [3.8, 4) is 0 Å². The highest BCUT2D eigenvalue weighted by Gasteiger charge is 2.43. The first kappa shape index (κ1) is 23.3. The first-order valence-electron chi connectivity index (χ1n) is 11.6. The summed E-state index contributed by atoms with van der Waals surface area (Å²) < 4.78 is 0. The third-order valence-corrected chi connectivity index (χ3v) is 6.92. The Morgan fingerprint density at radius 2 is 1.33 bits per heavy atom. The summed E-state index contributed by atoms with van der Waals surface area (Å²) in [6, 6.07) is 28.6. The Morgan fingerprint density at radius 1 is 0.818 bits per heavy atom. The fourth-order valence-corrected chi connectivity index (χ4v) is 4.97. The zero-order valence-electron chi connectivity index (χ0n) is 19.5. The van der Waals surface area contributed by atoms with Crippen LogP contribution in [0.1, 0.15) is 17.5 Å². The highest BCUT2D eigenvalue weighted by Crippen LogP contribution is 2.38. The number of piperazine rings is 1. The van der Waals surface area contributed by atoms with E-state index in [2.05, 4.69) is 46.2 Å². The molecule has 1 heterocycles. The predicted molar refractivity (Wildman–Crippen MR) is 137 cm³/mol. The highest BCUT2D eigenvalue weighted by molar-refractivity contribution is 6.30. The molecule has 0 saturated carbocycles. The fourth-order valence-electron chi connectivity index (χ4n) is 4.84. The average Bonchev–Trinajstić information content (AvgIpc) is 2.86. The molecule has 4 rings (SSSR count). The predicted octanol–water partition coefficient (Wildman–Crippen LogP) is 4.93. The van der Waals surface area contributed by atoms with Crippen LogP contribution >= 0.6 is 11.6 Å². The van der Waals surface area contributed by atoms with Crippen LogP contribution in [0.15, 0.2) is 84.9 Å². The molecular weight excluding hydrogens is 430 g/mol. The number of carbonyl (C=O) groups excluding carboxylic acids is 1. The number of benzene rings is 3. The number of amides is 1. The summed E-state index contributed by atoms with van der Waals surface area (Å²) in [5.74, 6) is 0.125. The lowest BCUT2D eigenvalue weighted by atomic mass is 9.70. The van der Waals surface area contributed by atoms with E-state index in [-0.39, 0.29) is 5.91 Å². The van der Waals surface area contributed by atoms with Crippen LogP contribution in [0.5, 0.6) is 0 Å². The van der Waals surface area contributed by atoms with Crippen molar-refractivity contribution in [1.29, 1.82) is 0 Å². The molecule has 33 heavy (non-hydrogen) atoms. The van der Waals surface area contributed by atoms with Crippen LogP contribution in [-0.2, 0) is 10.2 Å². The van der Waals surface area contributed by atoms with Gasteiger partial charge in [-0.15, -0.1) is 0 Å². The van der Waals surface area contributed by atoms with E-state index < -0.39 is 5.41 Å². The summed E-state index contributed by atoms with van der Waals surface area (Å²) >= 11 is 6.05. The minimum Gasteiger partial charge on any atom is -0.369 e. The molecule has 1 saturated heterocycles. The van der Waals surface area contributed by atoms with Crippen molar-refractivity contribution in [3.63, 3.8) is 0 Å². The third kappa shape index (κ3) is 5.07. The normalized spacial score (nSPS) is 14.8. The average molecular weight is 462 g/mol. The molecule has 0 radical (unpaired) electrons. The zero-order valence-corrected chi connectivity index (χ0v) is 20.2. The maximum atomic E-state index is 13.8. The van der Waals surface area contributed by atoms with Crippen LogP contribution in [0.3, 0.4) is 0 Å². The van der Waals surface area contributed by atoms with Gasteiger partial charge in [-0.2, -0.15) is 0 Å². The van der Waals surface area contributed by atoms with Gasteiger partial charge in [0.25, 0.3) is 0 Å². The highest BCUT2D eigenvalue weighted by atomic mass is 35.5. The Kier molecular flexibility index (Phi) is 7.36. The Hall–Kier alpha value is -2.82. The van der Waals surface area contributed by atoms with Gasteiger partial charge in [-0.25, -0.2) is 0 Å². The van der Waals surface area contributed by atoms with Crippen LogP contribution in [-0.4, -0.2) is 62.5 Å². The molecule has 0 aromatic heterocycles. The summed E-state index contributed by atoms with van der Waals surface area (Å²) in [6.45, 7) is 4.73. The molecule has 0 spiro atoms. The van der Waals surface area contributed by atoms with Gasteiger partial charge in [0.05, 0.1) is 0 Å². The van der Waals surface area contributed by atoms with Crippen molar-refractivity contribution in [2.45, 2.75) is 11.8 Å². The molecule has 1 aliphatic heterocycles. The Morgan fingerprint density at radius 3 is 1.82 bits per heavy atom. The molecule has 0 bridgehead atoms. The second-order valence-corrected chi connectivity index (χ2v) is 9.33. The number of carbonyl (C=O) groups is 1. The number of hydrogen-bond acceptors (Lipinski definition) is 3. The number of hydrogen-bond donors (Lipinski definition) is 0. The first-order chi connectivity index (χ1) is 16.0. The van der Waals surface area contributed by atoms with Crippen LogP contribution < -0.4 is 4.90 Å². The SMILES string of the molecule is CN(C)C(=O)C(CCN1CCN(c2ccc(Cl)cc2)CC1)(c1ccccc1)c1ccccc1. The molecule has 172 valence electrons. The summed E-state index contributed by atoms with van der Waals surface area (Å²) in [7, 11) is 3.71. The lowest BCUT2D eigenvalue weighted by molar-refractivity contribution is -0.133. The second-order valence-electron chi connectivity index (χ2n) is 8.89. The maximum absolute atomic E-state index is 13.8. The number of nitrogens with zero attached hydrogens (tertiary/aromatic N) is 3. The third-order valence-electron chi connectivity index (χ3n) is 6.67. The first-order valence-corrected chi connectivity index (χ1v) is 11.9. The van der Waals surface area contributed by atoms with Crippen LogP contribution in [0, 0.1) is 0 Å². The molecule has 3 aromatic carbocycles. The number of halogens is 1. The Balaban J connectivity index is 1.55. The van der Waals surface area contributed by atoms with E-state index in [1.165, 1.54) is 5.69 Å². The van der Waals surface area contributed by atoms with Gasteiger partial charge in [0.2, 0.25) is 5.91 Å². The molecule has 1 amide bonds. The number of rotatable bonds is 7. The van der Waals surface area contributed by atoms with Crippen molar-refractivity contribution in [2.75, 3.05) is 51.7 Å². The molecule has 4 nitrogen and oxygen atoms in total. The smallest absolute Gasteiger partial charge is 0.237 e. The quantitative estimate of drug-likeness (QED) is 0.499. The zero-order chi connectivity index (χ0) is 23.3. The molecular formula is C28H32ClN3O. The van der Waals surface area contributed by atoms with E-state index in [4.69, 9.17) is 11.6 Å². The summed E-state index contributed by atoms with van der Waals surface area (Å²) in [4.78, 5) is 20.4. The van der Waals surface area contributed by atoms with Gasteiger partial charge in [0.15, 0.2) is 0 Å². The number of likely N-dealkylation sites (N-methyl/N-ethyl adjacent to an activating group) is 1. The van der Waals surface area contributed by atoms with E-state index in [1.54, 1.807) is 4.90 Å². The number of anilines is 1. The fraction of sp³-hybridized carbons (Fsp3) is 0.321. The van der Waals surface area contributed by atoms with Crippen molar-refractivity contribution >= 4 is 23.2 Å². The monoisotopic (exact) mass is 461 g/mol. The minimum atomic E-state index is -0.709. The van der Waals surface area contributed by atoms with E-state index in [0.29, 0.717) is 0 Å². The van der Waals surface area contributed by atoms with Crippen LogP contribution in [0.25, 0.3) is 0 Å². The lowest BCUT2D eigenvalue weighted by Crippen LogP contribution is -2.50. The molecule has 0 unspecified atom stereocenters. The Labute approximate surface area is 202 Å². The van der Waals surface area contributed by atoms with E-state index >= 15 is 0 Å². The van der Waals surface area contributed by atoms with Crippen LogP contribution in [0.4, 0.5) is 5.69 Å². The second kappa shape index (κ2) is 10.4. The summed E-state index contributed by atoms with van der Waals surface area (Å²) in [5.41, 5.74) is 2.61. The van der Waals surface area contributed by atoms with Crippen molar-refractivity contribution in [1.82, 2.24) is 9.80 Å². The van der Waals surface area contributed by atoms with Crippen molar-refractivity contribution in [2.24, 2.45) is 0 Å². The van der Waals surface area contributed by atoms with Gasteiger partial charge in [0.1, 0.15) is 5.41 Å². The minimum absolute atomic E-state index is 0.125. The van der Waals surface area contributed by atoms with E-state index in [0.717, 1.165) is 55.3 Å². The van der Waals surface area contributed by atoms with E-state index in [1.807, 2.05) is 62.6 Å². The standard InChI is InChI=1S/C28H32ClN3O/c1-30(2)27(33)28(23-9-5-3-6-10-23,24-11-7-4-8-12-24)17-18-31-19-21-32(22-20-31)26-15-13-25(29)14-16-26/h3-16H,17-22H2,1-2H3. The van der Waals surface area contributed by atoms with Crippen molar-refractivity contribution in [3.05, 3.63) is 101 Å². The topological polar surface area (TPSA) is 26.8 Å². The van der Waals surface area contributed by atoms with Gasteiger partial charge in [-0.05, 0) is 48.4 Å². The summed E-state index contributed by atoms with van der Waals surface area (Å²) in [6.07, 6.45) is 0.735. The summed E-state index contributed by atoms with van der Waals surface area (Å²) in [5, 5.41) is 0.765. The van der Waals surface area contributed by atoms with Crippen molar-refractivity contribution < 1.29 is 4.79 Å². The molecule has 0 N–H and O–H groups in total. The molecule has 0 aliphatic carbocycles. The largest absolute Gasteiger partial charge is 0.369 e. The van der Waals surface area contributed by atoms with E-state index in [9.17, 15) is 4.79 Å². The van der Waals surface area contributed by atoms with Gasteiger partial charge in [-0.1, -0.05) is 72.3 Å². The molecule has 5 heteroatoms. The lowest BCUT2D eigenvalue weighted by Gasteiger charge is -2.40. The van der Waals surface area contributed by atoms with Gasteiger partial charge in [-0.3, -0.25) is 9.69 Å². The van der Waals surface area contributed by atoms with Gasteiger partial charge < -0.3 is 9.80 Å². The van der Waals surface area contributed by atoms with Gasteiger partial charge in [0, 0.05) is 51.0 Å². The molecule has 1 aliphatic rings. The Bertz CT molecular complexity index is 990. The van der Waals surface area contributed by atoms with Gasteiger partial charge >= 0.3 is 0 Å². The molecule has 3 aromatic rings. The molecule has 0 atom stereocenters. The molecule has 1 fully saturated rings.